The van der Waals surface area contributed by atoms with E-state index in [-0.39, 0.29) is 5.56 Å². The fourth-order valence-electron chi connectivity index (χ4n) is 1.51. The zero-order chi connectivity index (χ0) is 13.1. The van der Waals surface area contributed by atoms with E-state index in [9.17, 15) is 4.79 Å². The molecular weight excluding hydrogens is 318 g/mol. The number of carboxylic acids is 1. The number of hydrogen-bond acceptors (Lipinski definition) is 2. The highest BCUT2D eigenvalue weighted by atomic mass is 79.9. The lowest BCUT2D eigenvalue weighted by atomic mass is 10.1. The van der Waals surface area contributed by atoms with Gasteiger partial charge >= 0.3 is 5.97 Å². The first kappa shape index (κ1) is 12.9. The molecule has 92 valence electrons. The smallest absolute Gasteiger partial charge is 0.337 e. The summed E-state index contributed by atoms with van der Waals surface area (Å²) >= 11 is 9.22. The summed E-state index contributed by atoms with van der Waals surface area (Å²) in [5, 5.41) is 12.8. The third-order valence-corrected chi connectivity index (χ3v) is 3.25. The van der Waals surface area contributed by atoms with Crippen LogP contribution in [0.25, 0.3) is 0 Å². The number of carbonyl (C=O) groups is 1. The van der Waals surface area contributed by atoms with Gasteiger partial charge in [0.2, 0.25) is 0 Å². The van der Waals surface area contributed by atoms with Crippen LogP contribution in [0.1, 0.15) is 10.4 Å². The van der Waals surface area contributed by atoms with Gasteiger partial charge in [-0.1, -0.05) is 23.7 Å². The Labute approximate surface area is 118 Å². The van der Waals surface area contributed by atoms with Crippen LogP contribution in [0.4, 0.5) is 11.4 Å². The second kappa shape index (κ2) is 5.42. The summed E-state index contributed by atoms with van der Waals surface area (Å²) in [6, 6.07) is 12.0. The fourth-order valence-corrected chi connectivity index (χ4v) is 2.30. The lowest BCUT2D eigenvalue weighted by Gasteiger charge is -2.11. The van der Waals surface area contributed by atoms with Gasteiger partial charge in [-0.2, -0.15) is 0 Å². The molecule has 0 spiro atoms. The van der Waals surface area contributed by atoms with Gasteiger partial charge in [-0.15, -0.1) is 0 Å². The van der Waals surface area contributed by atoms with Crippen molar-refractivity contribution in [3.63, 3.8) is 0 Å². The Bertz CT molecular complexity index is 601. The summed E-state index contributed by atoms with van der Waals surface area (Å²) in [4.78, 5) is 11.1. The molecule has 0 aliphatic rings. The van der Waals surface area contributed by atoms with Gasteiger partial charge in [-0.3, -0.25) is 0 Å². The summed E-state index contributed by atoms with van der Waals surface area (Å²) in [5.74, 6) is -0.969. The lowest BCUT2D eigenvalue weighted by molar-refractivity contribution is 0.0698. The molecule has 0 fully saturated rings. The van der Waals surface area contributed by atoms with Crippen LogP contribution in [0.2, 0.25) is 5.02 Å². The molecule has 2 aromatic rings. The van der Waals surface area contributed by atoms with E-state index in [1.807, 2.05) is 0 Å². The van der Waals surface area contributed by atoms with Crippen molar-refractivity contribution in [1.29, 1.82) is 0 Å². The first-order chi connectivity index (χ1) is 8.58. The molecule has 0 aliphatic carbocycles. The Balaban J connectivity index is 2.37. The molecule has 0 unspecified atom stereocenters. The molecule has 0 atom stereocenters. The van der Waals surface area contributed by atoms with Crippen LogP contribution < -0.4 is 5.32 Å². The highest BCUT2D eigenvalue weighted by Crippen LogP contribution is 2.29. The van der Waals surface area contributed by atoms with Gasteiger partial charge in [0.15, 0.2) is 0 Å². The van der Waals surface area contributed by atoms with E-state index in [0.717, 1.165) is 10.2 Å². The number of rotatable bonds is 3. The highest BCUT2D eigenvalue weighted by molar-refractivity contribution is 9.10. The Kier molecular flexibility index (Phi) is 3.89. The average molecular weight is 327 g/mol. The van der Waals surface area contributed by atoms with E-state index >= 15 is 0 Å². The Morgan fingerprint density at radius 3 is 2.56 bits per heavy atom. The maximum Gasteiger partial charge on any atom is 0.337 e. The predicted molar refractivity (Wildman–Crippen MR) is 75.8 cm³/mol. The number of hydrogen-bond donors (Lipinski definition) is 2. The van der Waals surface area contributed by atoms with E-state index in [1.54, 1.807) is 42.5 Å². The molecule has 18 heavy (non-hydrogen) atoms. The second-order valence-electron chi connectivity index (χ2n) is 3.60. The molecule has 3 nitrogen and oxygen atoms in total. The molecule has 0 amide bonds. The van der Waals surface area contributed by atoms with E-state index < -0.39 is 5.97 Å². The van der Waals surface area contributed by atoms with Gasteiger partial charge in [0.25, 0.3) is 0 Å². The number of aromatic carboxylic acids is 1. The van der Waals surface area contributed by atoms with Gasteiger partial charge in [-0.25, -0.2) is 4.79 Å². The van der Waals surface area contributed by atoms with Gasteiger partial charge in [-0.05, 0) is 46.3 Å². The number of halogens is 2. The standard InChI is InChI=1S/C13H9BrClNO2/c14-10-7-8(15)5-6-12(10)16-11-4-2-1-3-9(11)13(17)18/h1-7,16H,(H,17,18). The van der Waals surface area contributed by atoms with Gasteiger partial charge in [0, 0.05) is 9.50 Å². The monoisotopic (exact) mass is 325 g/mol. The first-order valence-electron chi connectivity index (χ1n) is 5.12. The average Bonchev–Trinajstić information content (AvgIpc) is 2.33. The van der Waals surface area contributed by atoms with Crippen LogP contribution in [-0.4, -0.2) is 11.1 Å². The van der Waals surface area contributed by atoms with Crippen molar-refractivity contribution in [3.8, 4) is 0 Å². The van der Waals surface area contributed by atoms with Crippen molar-refractivity contribution >= 4 is 44.9 Å². The van der Waals surface area contributed by atoms with Crippen LogP contribution in [0.3, 0.4) is 0 Å². The summed E-state index contributed by atoms with van der Waals surface area (Å²) in [6.07, 6.45) is 0. The van der Waals surface area contributed by atoms with Crippen molar-refractivity contribution in [2.75, 3.05) is 5.32 Å². The van der Waals surface area contributed by atoms with Gasteiger partial charge < -0.3 is 10.4 Å². The summed E-state index contributed by atoms with van der Waals surface area (Å²) in [5.41, 5.74) is 1.51. The summed E-state index contributed by atoms with van der Waals surface area (Å²) < 4.78 is 0.773. The fraction of sp³-hybridized carbons (Fsp3) is 0. The summed E-state index contributed by atoms with van der Waals surface area (Å²) in [7, 11) is 0. The largest absolute Gasteiger partial charge is 0.478 e. The number of anilines is 2. The molecule has 0 aromatic heterocycles. The highest BCUT2D eigenvalue weighted by Gasteiger charge is 2.10. The van der Waals surface area contributed by atoms with Crippen LogP contribution in [0.15, 0.2) is 46.9 Å². The zero-order valence-electron chi connectivity index (χ0n) is 9.15. The number of carboxylic acid groups (broad SMARTS) is 1. The van der Waals surface area contributed by atoms with Crippen molar-refractivity contribution < 1.29 is 9.90 Å². The van der Waals surface area contributed by atoms with E-state index in [1.165, 1.54) is 0 Å². The van der Waals surface area contributed by atoms with Crippen LogP contribution in [0, 0.1) is 0 Å². The third-order valence-electron chi connectivity index (χ3n) is 2.36. The number of nitrogens with one attached hydrogen (secondary N) is 1. The number of benzene rings is 2. The van der Waals surface area contributed by atoms with E-state index in [0.29, 0.717) is 10.7 Å². The Hall–Kier alpha value is -1.52. The number of para-hydroxylation sites is 1. The van der Waals surface area contributed by atoms with Gasteiger partial charge in [0.05, 0.1) is 16.9 Å². The van der Waals surface area contributed by atoms with Gasteiger partial charge in [0.1, 0.15) is 0 Å². The Morgan fingerprint density at radius 2 is 1.89 bits per heavy atom. The predicted octanol–water partition coefficient (Wildman–Crippen LogP) is 4.54. The molecule has 0 radical (unpaired) electrons. The maximum atomic E-state index is 11.1. The van der Waals surface area contributed by atoms with Crippen LogP contribution in [0.5, 0.6) is 0 Å². The topological polar surface area (TPSA) is 49.3 Å². The normalized spacial score (nSPS) is 10.1. The molecule has 0 aliphatic heterocycles. The van der Waals surface area contributed by atoms with Crippen LogP contribution >= 0.6 is 27.5 Å². The molecule has 5 heteroatoms. The molecule has 0 bridgehead atoms. The third kappa shape index (κ3) is 2.83. The van der Waals surface area contributed by atoms with Crippen molar-refractivity contribution in [3.05, 3.63) is 57.5 Å². The van der Waals surface area contributed by atoms with E-state index in [4.69, 9.17) is 16.7 Å². The van der Waals surface area contributed by atoms with Crippen molar-refractivity contribution in [2.24, 2.45) is 0 Å². The quantitative estimate of drug-likeness (QED) is 0.870. The first-order valence-corrected chi connectivity index (χ1v) is 6.29. The molecule has 0 saturated carbocycles. The minimum Gasteiger partial charge on any atom is -0.478 e. The minimum atomic E-state index is -0.969. The maximum absolute atomic E-state index is 11.1. The molecule has 0 saturated heterocycles. The van der Waals surface area contributed by atoms with Crippen molar-refractivity contribution in [1.82, 2.24) is 0 Å². The molecule has 2 rings (SSSR count). The van der Waals surface area contributed by atoms with Crippen LogP contribution in [-0.2, 0) is 0 Å². The Morgan fingerprint density at radius 1 is 1.17 bits per heavy atom. The SMILES string of the molecule is O=C(O)c1ccccc1Nc1ccc(Cl)cc1Br. The second-order valence-corrected chi connectivity index (χ2v) is 4.89. The molecule has 2 aromatic carbocycles. The van der Waals surface area contributed by atoms with Crippen molar-refractivity contribution in [2.45, 2.75) is 0 Å². The van der Waals surface area contributed by atoms with E-state index in [2.05, 4.69) is 21.2 Å². The molecular formula is C13H9BrClNO2. The molecule has 2 N–H and O–H groups in total. The zero-order valence-corrected chi connectivity index (χ0v) is 11.5. The minimum absolute atomic E-state index is 0.222. The summed E-state index contributed by atoms with van der Waals surface area (Å²) in [6.45, 7) is 0. The lowest BCUT2D eigenvalue weighted by Crippen LogP contribution is -2.02. The molecule has 0 heterocycles.